The lowest BCUT2D eigenvalue weighted by molar-refractivity contribution is 0.247. The average molecular weight is 306 g/mol. The molecule has 1 atom stereocenters. The molecule has 21 heavy (non-hydrogen) atoms. The van der Waals surface area contributed by atoms with Crippen molar-refractivity contribution in [2.24, 2.45) is 5.92 Å². The maximum atomic E-state index is 6.25. The highest BCUT2D eigenvalue weighted by atomic mass is 35.5. The molecule has 0 spiro atoms. The van der Waals surface area contributed by atoms with Gasteiger partial charge in [-0.05, 0) is 43.9 Å². The Labute approximate surface area is 131 Å². The van der Waals surface area contributed by atoms with Crippen molar-refractivity contribution >= 4 is 22.6 Å². The van der Waals surface area contributed by atoms with Crippen LogP contribution in [0.1, 0.15) is 57.3 Å². The third kappa shape index (κ3) is 3.27. The minimum Gasteiger partial charge on any atom is -0.458 e. The van der Waals surface area contributed by atoms with E-state index >= 15 is 0 Å². The molecule has 1 fully saturated rings. The topological polar surface area (TPSA) is 25.2 Å². The molecule has 0 radical (unpaired) electrons. The number of hydrogen-bond donors (Lipinski definition) is 1. The minimum absolute atomic E-state index is 0.328. The van der Waals surface area contributed by atoms with Crippen molar-refractivity contribution in [3.63, 3.8) is 0 Å². The molecule has 114 valence electrons. The Hall–Kier alpha value is -0.990. The molecule has 2 aromatic rings. The van der Waals surface area contributed by atoms with Gasteiger partial charge < -0.3 is 9.73 Å². The predicted molar refractivity (Wildman–Crippen MR) is 88.8 cm³/mol. The molecule has 0 saturated heterocycles. The molecule has 0 aliphatic heterocycles. The van der Waals surface area contributed by atoms with Crippen LogP contribution in [0.25, 0.3) is 11.0 Å². The predicted octanol–water partition coefficient (Wildman–Crippen LogP) is 5.71. The summed E-state index contributed by atoms with van der Waals surface area (Å²) in [4.78, 5) is 0. The fourth-order valence-electron chi connectivity index (χ4n) is 3.47. The zero-order valence-corrected chi connectivity index (χ0v) is 13.5. The third-order valence-electron chi connectivity index (χ3n) is 4.56. The summed E-state index contributed by atoms with van der Waals surface area (Å²) in [6.45, 7) is 3.24. The van der Waals surface area contributed by atoms with Crippen LogP contribution in [0.3, 0.4) is 0 Å². The Morgan fingerprint density at radius 2 is 2.10 bits per heavy atom. The zero-order valence-electron chi connectivity index (χ0n) is 12.7. The first-order valence-corrected chi connectivity index (χ1v) is 8.58. The van der Waals surface area contributed by atoms with E-state index in [1.807, 2.05) is 12.1 Å². The Morgan fingerprint density at radius 3 is 2.81 bits per heavy atom. The lowest BCUT2D eigenvalue weighted by Gasteiger charge is -2.29. The number of nitrogens with one attached hydrogen (secondary N) is 1. The molecule has 1 saturated carbocycles. The van der Waals surface area contributed by atoms with Crippen molar-refractivity contribution in [3.8, 4) is 0 Å². The van der Waals surface area contributed by atoms with Crippen LogP contribution in [-0.4, -0.2) is 6.54 Å². The molecule has 1 aromatic heterocycles. The smallest absolute Gasteiger partial charge is 0.152 e. The van der Waals surface area contributed by atoms with E-state index in [1.165, 1.54) is 32.1 Å². The van der Waals surface area contributed by atoms with E-state index in [2.05, 4.69) is 24.4 Å². The number of para-hydroxylation sites is 1. The SMILES string of the molecule is CCCNC(c1cc2cccc(Cl)c2o1)C1CCCCC1. The highest BCUT2D eigenvalue weighted by molar-refractivity contribution is 6.34. The number of benzene rings is 1. The quantitative estimate of drug-likeness (QED) is 0.765. The summed E-state index contributed by atoms with van der Waals surface area (Å²) >= 11 is 6.25. The van der Waals surface area contributed by atoms with Crippen LogP contribution >= 0.6 is 11.6 Å². The normalized spacial score (nSPS) is 18.2. The molecule has 1 aliphatic rings. The first kappa shape index (κ1) is 14.9. The van der Waals surface area contributed by atoms with E-state index in [4.69, 9.17) is 16.0 Å². The highest BCUT2D eigenvalue weighted by Crippen LogP contribution is 2.37. The van der Waals surface area contributed by atoms with E-state index < -0.39 is 0 Å². The summed E-state index contributed by atoms with van der Waals surface area (Å²) < 4.78 is 6.12. The van der Waals surface area contributed by atoms with Crippen molar-refractivity contribution in [2.45, 2.75) is 51.5 Å². The standard InChI is InChI=1S/C18H24ClNO/c1-2-11-20-17(13-7-4-3-5-8-13)16-12-14-9-6-10-15(19)18(14)21-16/h6,9-10,12-13,17,20H,2-5,7-8,11H2,1H3. The minimum atomic E-state index is 0.328. The van der Waals surface area contributed by atoms with Crippen molar-refractivity contribution < 1.29 is 4.42 Å². The van der Waals surface area contributed by atoms with E-state index in [0.717, 1.165) is 29.7 Å². The molecular formula is C18H24ClNO. The molecule has 2 nitrogen and oxygen atoms in total. The van der Waals surface area contributed by atoms with Crippen LogP contribution in [0.5, 0.6) is 0 Å². The summed E-state index contributed by atoms with van der Waals surface area (Å²) in [5.41, 5.74) is 0.827. The number of hydrogen-bond acceptors (Lipinski definition) is 2. The molecule has 0 bridgehead atoms. The van der Waals surface area contributed by atoms with Crippen LogP contribution in [0.2, 0.25) is 5.02 Å². The van der Waals surface area contributed by atoms with Gasteiger partial charge in [0, 0.05) is 5.39 Å². The fraction of sp³-hybridized carbons (Fsp3) is 0.556. The van der Waals surface area contributed by atoms with Crippen molar-refractivity contribution in [1.29, 1.82) is 0 Å². The van der Waals surface area contributed by atoms with Crippen molar-refractivity contribution in [1.82, 2.24) is 5.32 Å². The third-order valence-corrected chi connectivity index (χ3v) is 4.85. The van der Waals surface area contributed by atoms with Crippen molar-refractivity contribution in [3.05, 3.63) is 35.0 Å². The molecule has 0 amide bonds. The Kier molecular flexibility index (Phi) is 4.87. The maximum absolute atomic E-state index is 6.25. The Morgan fingerprint density at radius 1 is 1.29 bits per heavy atom. The van der Waals surface area contributed by atoms with Gasteiger partial charge in [0.2, 0.25) is 0 Å². The summed E-state index contributed by atoms with van der Waals surface area (Å²) in [7, 11) is 0. The van der Waals surface area contributed by atoms with Gasteiger partial charge in [-0.2, -0.15) is 0 Å². The van der Waals surface area contributed by atoms with Crippen LogP contribution < -0.4 is 5.32 Å². The molecule has 1 aromatic carbocycles. The molecule has 1 aliphatic carbocycles. The summed E-state index contributed by atoms with van der Waals surface area (Å²) in [5, 5.41) is 5.51. The van der Waals surface area contributed by atoms with Gasteiger partial charge in [-0.25, -0.2) is 0 Å². The second-order valence-electron chi connectivity index (χ2n) is 6.14. The second kappa shape index (κ2) is 6.85. The summed E-state index contributed by atoms with van der Waals surface area (Å²) in [6.07, 6.45) is 7.80. The largest absolute Gasteiger partial charge is 0.458 e. The summed E-state index contributed by atoms with van der Waals surface area (Å²) in [6, 6.07) is 8.45. The first-order valence-electron chi connectivity index (χ1n) is 8.21. The van der Waals surface area contributed by atoms with E-state index in [0.29, 0.717) is 17.0 Å². The molecule has 3 heteroatoms. The average Bonchev–Trinajstić information content (AvgIpc) is 2.94. The van der Waals surface area contributed by atoms with Gasteiger partial charge >= 0.3 is 0 Å². The molecular weight excluding hydrogens is 282 g/mol. The monoisotopic (exact) mass is 305 g/mol. The fourth-order valence-corrected chi connectivity index (χ4v) is 3.69. The van der Waals surface area contributed by atoms with Gasteiger partial charge in [-0.1, -0.05) is 49.9 Å². The highest BCUT2D eigenvalue weighted by Gasteiger charge is 2.27. The lowest BCUT2D eigenvalue weighted by atomic mass is 9.83. The molecule has 1 N–H and O–H groups in total. The second-order valence-corrected chi connectivity index (χ2v) is 6.54. The van der Waals surface area contributed by atoms with Gasteiger partial charge in [0.25, 0.3) is 0 Å². The van der Waals surface area contributed by atoms with Gasteiger partial charge in [0.1, 0.15) is 5.76 Å². The van der Waals surface area contributed by atoms with Crippen molar-refractivity contribution in [2.75, 3.05) is 6.54 Å². The lowest BCUT2D eigenvalue weighted by Crippen LogP contribution is -2.30. The first-order chi connectivity index (χ1) is 10.3. The number of halogens is 1. The Bertz CT molecular complexity index is 586. The summed E-state index contributed by atoms with van der Waals surface area (Å²) in [5.74, 6) is 1.74. The van der Waals surface area contributed by atoms with Gasteiger partial charge in [-0.15, -0.1) is 0 Å². The molecule has 1 heterocycles. The Balaban J connectivity index is 1.90. The van der Waals surface area contributed by atoms with Gasteiger partial charge in [0.05, 0.1) is 11.1 Å². The van der Waals surface area contributed by atoms with Gasteiger partial charge in [-0.3, -0.25) is 0 Å². The van der Waals surface area contributed by atoms with Crippen LogP contribution in [-0.2, 0) is 0 Å². The van der Waals surface area contributed by atoms with Crippen LogP contribution in [0.15, 0.2) is 28.7 Å². The number of fused-ring (bicyclic) bond motifs is 1. The number of furan rings is 1. The van der Waals surface area contributed by atoms with E-state index in [1.54, 1.807) is 0 Å². The molecule has 1 unspecified atom stereocenters. The zero-order chi connectivity index (χ0) is 14.7. The van der Waals surface area contributed by atoms with E-state index in [9.17, 15) is 0 Å². The van der Waals surface area contributed by atoms with Crippen LogP contribution in [0, 0.1) is 5.92 Å². The molecule has 3 rings (SSSR count). The maximum Gasteiger partial charge on any atom is 0.152 e. The van der Waals surface area contributed by atoms with E-state index in [-0.39, 0.29) is 0 Å². The van der Waals surface area contributed by atoms with Crippen LogP contribution in [0.4, 0.5) is 0 Å². The van der Waals surface area contributed by atoms with Gasteiger partial charge in [0.15, 0.2) is 5.58 Å². The number of rotatable bonds is 5.